The lowest BCUT2D eigenvalue weighted by Crippen LogP contribution is -2.64. The molecule has 0 spiro atoms. The Morgan fingerprint density at radius 2 is 1.98 bits per heavy atom. The summed E-state index contributed by atoms with van der Waals surface area (Å²) in [4.78, 5) is 45.1. The number of amides is 2. The molecule has 1 saturated carbocycles. The highest BCUT2D eigenvalue weighted by molar-refractivity contribution is 5.96. The first-order valence-corrected chi connectivity index (χ1v) is 17.0. The van der Waals surface area contributed by atoms with E-state index in [0.29, 0.717) is 50.4 Å². The molecule has 3 fully saturated rings. The van der Waals surface area contributed by atoms with Gasteiger partial charge in [0.1, 0.15) is 12.1 Å². The van der Waals surface area contributed by atoms with Crippen LogP contribution in [0.5, 0.6) is 0 Å². The van der Waals surface area contributed by atoms with Gasteiger partial charge in [-0.2, -0.15) is 8.78 Å². The van der Waals surface area contributed by atoms with Crippen LogP contribution < -0.4 is 10.6 Å². The van der Waals surface area contributed by atoms with Crippen molar-refractivity contribution < 1.29 is 42.5 Å². The van der Waals surface area contributed by atoms with E-state index in [1.165, 1.54) is 6.92 Å². The first kappa shape index (κ1) is 35.4. The van der Waals surface area contributed by atoms with Crippen LogP contribution in [-0.2, 0) is 23.8 Å². The zero-order chi connectivity index (χ0) is 34.1. The molecule has 3 heterocycles. The van der Waals surface area contributed by atoms with Crippen LogP contribution in [-0.4, -0.2) is 96.8 Å². The van der Waals surface area contributed by atoms with Gasteiger partial charge in [0, 0.05) is 37.1 Å². The second kappa shape index (κ2) is 14.3. The average molecular weight is 666 g/mol. The van der Waals surface area contributed by atoms with Crippen LogP contribution in [0.4, 0.5) is 13.6 Å². The number of unbranched alkanes of at least 4 members (excludes halogenated alkanes) is 1. The predicted molar refractivity (Wildman–Crippen MR) is 171 cm³/mol. The minimum absolute atomic E-state index is 0.0283. The lowest BCUT2D eigenvalue weighted by molar-refractivity contribution is -0.158. The Hall–Kier alpha value is -2.90. The molecule has 0 radical (unpaired) electrons. The van der Waals surface area contributed by atoms with Crippen LogP contribution in [0.15, 0.2) is 28.5 Å². The molecular formula is C34H51F2N4O7+. The molecule has 0 bridgehead atoms. The Morgan fingerprint density at radius 3 is 2.64 bits per heavy atom. The van der Waals surface area contributed by atoms with E-state index in [-0.39, 0.29) is 48.1 Å². The van der Waals surface area contributed by atoms with Crippen molar-refractivity contribution in [3.05, 3.63) is 23.5 Å². The number of aliphatic imine (C=N–C) groups is 1. The number of ether oxygens (including phenoxy) is 3. The van der Waals surface area contributed by atoms with Crippen LogP contribution in [0, 0.1) is 23.2 Å². The summed E-state index contributed by atoms with van der Waals surface area (Å²) in [6.07, 6.45) is 4.87. The summed E-state index contributed by atoms with van der Waals surface area (Å²) < 4.78 is 47.3. The van der Waals surface area contributed by atoms with Gasteiger partial charge in [0.2, 0.25) is 5.91 Å². The molecule has 0 aromatic carbocycles. The SMILES string of the molecule is COC1C=CC2=C(NC([OH2+])C(C(F)(F)CCCC[C@@H]3CCCC3OC(=O)NC(C(=O)N3CC[C@@H](C)[C@H]3C(C)=O)C3(C)COC3)=N2)C1C. The number of alkyl carbamates (subject to hydrolysis) is 1. The first-order chi connectivity index (χ1) is 22.3. The Morgan fingerprint density at radius 1 is 1.23 bits per heavy atom. The van der Waals surface area contributed by atoms with E-state index >= 15 is 8.78 Å². The highest BCUT2D eigenvalue weighted by Gasteiger charge is 2.51. The molecule has 8 atom stereocenters. The van der Waals surface area contributed by atoms with Crippen molar-refractivity contribution in [2.24, 2.45) is 28.2 Å². The maximum Gasteiger partial charge on any atom is 0.408 e. The number of methoxy groups -OCH3 is 1. The molecule has 3 aliphatic heterocycles. The van der Waals surface area contributed by atoms with Gasteiger partial charge in [-0.05, 0) is 63.4 Å². The number of carbonyl (C=O) groups excluding carboxylic acids is 3. The van der Waals surface area contributed by atoms with E-state index < -0.39 is 47.9 Å². The minimum atomic E-state index is -3.24. The van der Waals surface area contributed by atoms with Gasteiger partial charge >= 0.3 is 6.09 Å². The van der Waals surface area contributed by atoms with E-state index in [1.807, 2.05) is 20.8 Å². The van der Waals surface area contributed by atoms with Gasteiger partial charge in [-0.15, -0.1) is 0 Å². The second-order valence-corrected chi connectivity index (χ2v) is 14.4. The van der Waals surface area contributed by atoms with Crippen LogP contribution >= 0.6 is 0 Å². The number of carbonyl (C=O) groups is 3. The lowest BCUT2D eigenvalue weighted by Gasteiger charge is -2.45. The third kappa shape index (κ3) is 7.41. The zero-order valence-electron chi connectivity index (χ0n) is 28.2. The lowest BCUT2D eigenvalue weighted by atomic mass is 9.79. The average Bonchev–Trinajstić information content (AvgIpc) is 3.62. The second-order valence-electron chi connectivity index (χ2n) is 14.4. The number of ketones is 1. The quantitative estimate of drug-likeness (QED) is 0.238. The van der Waals surface area contributed by atoms with Gasteiger partial charge in [0.05, 0.1) is 31.1 Å². The van der Waals surface area contributed by atoms with Gasteiger partial charge in [-0.3, -0.25) is 9.59 Å². The van der Waals surface area contributed by atoms with E-state index in [1.54, 1.807) is 24.2 Å². The topological polar surface area (TPSA) is 141 Å². The van der Waals surface area contributed by atoms with Gasteiger partial charge in [0.25, 0.3) is 12.2 Å². The third-order valence-corrected chi connectivity index (χ3v) is 10.8. The van der Waals surface area contributed by atoms with Crippen LogP contribution in [0.25, 0.3) is 0 Å². The number of allylic oxidation sites excluding steroid dienone is 1. The van der Waals surface area contributed by atoms with Crippen molar-refractivity contribution in [3.8, 4) is 0 Å². The number of nitrogens with one attached hydrogen (secondary N) is 2. The summed E-state index contributed by atoms with van der Waals surface area (Å²) in [6.45, 7) is 8.31. The fraction of sp³-hybridized carbons (Fsp3) is 0.765. The third-order valence-electron chi connectivity index (χ3n) is 10.8. The number of rotatable bonds is 12. The molecule has 2 aliphatic carbocycles. The summed E-state index contributed by atoms with van der Waals surface area (Å²) in [5.74, 6) is -3.66. The Labute approximate surface area is 275 Å². The standard InChI is InChI=1S/C34H50F2N4O7/c1-19-14-16-40(27(19)21(3)41)31(43)29(33(4)17-46-18-33)39-32(44)47-25-11-8-10-22(25)9-6-7-15-34(35,36)28-30(42)38-26-20(2)24(45-5)13-12-23(26)37-28/h12-13,19-20,22,24-25,27,29-30,38,42H,6-11,14-18H2,1-5H3,(H,39,44)/p+1/t19-,20?,22-,24?,25?,27+,29?,30?/m1/s1. The molecular weight excluding hydrogens is 614 g/mol. The maximum atomic E-state index is 15.3. The van der Waals surface area contributed by atoms with Crippen molar-refractivity contribution in [3.63, 3.8) is 0 Å². The Bertz CT molecular complexity index is 1300. The van der Waals surface area contributed by atoms with Crippen molar-refractivity contribution in [1.29, 1.82) is 0 Å². The molecule has 2 saturated heterocycles. The van der Waals surface area contributed by atoms with Crippen molar-refractivity contribution in [2.45, 2.75) is 116 Å². The zero-order valence-corrected chi connectivity index (χ0v) is 28.2. The number of Topliss-reactive ketones (excluding diaryl/α,β-unsaturated/α-hetero) is 1. The molecule has 262 valence electrons. The number of nitrogens with zero attached hydrogens (tertiary/aromatic N) is 2. The number of hydrogen-bond donors (Lipinski definition) is 2. The minimum Gasteiger partial charge on any atom is -0.446 e. The van der Waals surface area contributed by atoms with Gasteiger partial charge in [0.15, 0.2) is 11.5 Å². The molecule has 47 heavy (non-hydrogen) atoms. The summed E-state index contributed by atoms with van der Waals surface area (Å²) in [7, 11) is 1.59. The van der Waals surface area contributed by atoms with Crippen molar-refractivity contribution >= 4 is 23.5 Å². The fourth-order valence-corrected chi connectivity index (χ4v) is 7.90. The van der Waals surface area contributed by atoms with Gasteiger partial charge in [-0.25, -0.2) is 9.79 Å². The number of hydrogen-bond acceptors (Lipinski definition) is 8. The van der Waals surface area contributed by atoms with Crippen LogP contribution in [0.2, 0.25) is 0 Å². The molecule has 13 heteroatoms. The van der Waals surface area contributed by atoms with Gasteiger partial charge < -0.3 is 34.9 Å². The summed E-state index contributed by atoms with van der Waals surface area (Å²) in [6, 6.07) is -1.41. The van der Waals surface area contributed by atoms with E-state index in [0.717, 1.165) is 19.3 Å². The predicted octanol–water partition coefficient (Wildman–Crippen LogP) is 3.84. The number of halogens is 2. The van der Waals surface area contributed by atoms with Crippen molar-refractivity contribution in [2.75, 3.05) is 26.9 Å². The van der Waals surface area contributed by atoms with Gasteiger partial charge in [-0.1, -0.05) is 33.3 Å². The summed E-state index contributed by atoms with van der Waals surface area (Å²) in [5.41, 5.74) is -0.0256. The fourth-order valence-electron chi connectivity index (χ4n) is 7.90. The molecule has 11 nitrogen and oxygen atoms in total. The van der Waals surface area contributed by atoms with Crippen LogP contribution in [0.1, 0.15) is 79.1 Å². The molecule has 4 N–H and O–H groups in total. The monoisotopic (exact) mass is 665 g/mol. The Balaban J connectivity index is 1.13. The highest BCUT2D eigenvalue weighted by atomic mass is 19.3. The molecule has 2 amide bonds. The molecule has 5 aliphatic rings. The van der Waals surface area contributed by atoms with Crippen LogP contribution in [0.3, 0.4) is 0 Å². The normalized spacial score (nSPS) is 32.2. The Kier molecular flexibility index (Phi) is 10.8. The maximum absolute atomic E-state index is 15.3. The van der Waals surface area contributed by atoms with E-state index in [4.69, 9.17) is 19.3 Å². The number of likely N-dealkylation sites (tertiary alicyclic amines) is 1. The summed E-state index contributed by atoms with van der Waals surface area (Å²) in [5, 5.41) is 14.1. The highest BCUT2D eigenvalue weighted by Crippen LogP contribution is 2.37. The smallest absolute Gasteiger partial charge is 0.408 e. The molecule has 5 rings (SSSR count). The van der Waals surface area contributed by atoms with E-state index in [2.05, 4.69) is 15.6 Å². The number of alkyl halides is 2. The molecule has 0 aromatic heterocycles. The molecule has 5 unspecified atom stereocenters. The first-order valence-electron chi connectivity index (χ1n) is 17.0. The molecule has 0 aromatic rings. The largest absolute Gasteiger partial charge is 0.446 e. The van der Waals surface area contributed by atoms with E-state index in [9.17, 15) is 14.4 Å². The van der Waals surface area contributed by atoms with Crippen molar-refractivity contribution in [1.82, 2.24) is 15.5 Å². The summed E-state index contributed by atoms with van der Waals surface area (Å²) >= 11 is 0.